The van der Waals surface area contributed by atoms with Crippen LogP contribution in [0.25, 0.3) is 0 Å². The molecular formula is C11H11BrClNO. The molecule has 1 heterocycles. The van der Waals surface area contributed by atoms with Crippen LogP contribution in [0.2, 0.25) is 0 Å². The summed E-state index contributed by atoms with van der Waals surface area (Å²) in [6.07, 6.45) is 0.893. The molecule has 1 aliphatic rings. The van der Waals surface area contributed by atoms with Crippen molar-refractivity contribution in [2.45, 2.75) is 11.8 Å². The molecular weight excluding hydrogens is 277 g/mol. The molecule has 4 heteroatoms. The fraction of sp³-hybridized carbons (Fsp3) is 0.364. The summed E-state index contributed by atoms with van der Waals surface area (Å²) in [5, 5.41) is 0.115. The molecule has 0 N–H and O–H groups in total. The molecule has 1 amide bonds. The monoisotopic (exact) mass is 287 g/mol. The predicted molar refractivity (Wildman–Crippen MR) is 64.3 cm³/mol. The Morgan fingerprint density at radius 3 is 2.60 bits per heavy atom. The zero-order chi connectivity index (χ0) is 10.8. The summed E-state index contributed by atoms with van der Waals surface area (Å²) in [6.45, 7) is 1.43. The fourth-order valence-electron chi connectivity index (χ4n) is 1.68. The summed E-state index contributed by atoms with van der Waals surface area (Å²) in [4.78, 5) is 13.8. The van der Waals surface area contributed by atoms with Crippen molar-refractivity contribution in [1.29, 1.82) is 0 Å². The van der Waals surface area contributed by atoms with Crippen LogP contribution >= 0.6 is 27.5 Å². The summed E-state index contributed by atoms with van der Waals surface area (Å²) in [5.41, 5.74) is 0.726. The van der Waals surface area contributed by atoms with E-state index in [1.807, 2.05) is 24.3 Å². The Kier molecular flexibility index (Phi) is 3.32. The van der Waals surface area contributed by atoms with Gasteiger partial charge in [-0.25, -0.2) is 0 Å². The summed E-state index contributed by atoms with van der Waals surface area (Å²) >= 11 is 9.30. The molecule has 2 nitrogen and oxygen atoms in total. The van der Waals surface area contributed by atoms with Gasteiger partial charge in [-0.1, -0.05) is 15.9 Å². The van der Waals surface area contributed by atoms with Crippen molar-refractivity contribution < 1.29 is 4.79 Å². The number of hydrogen-bond donors (Lipinski definition) is 0. The lowest BCUT2D eigenvalue weighted by atomic mass is 10.2. The summed E-state index contributed by atoms with van der Waals surface area (Å²) in [7, 11) is 0. The molecule has 2 rings (SSSR count). The van der Waals surface area contributed by atoms with E-state index >= 15 is 0 Å². The number of amides is 1. The molecule has 1 saturated heterocycles. The number of nitrogens with zero attached hydrogens (tertiary/aromatic N) is 1. The van der Waals surface area contributed by atoms with Gasteiger partial charge in [-0.3, -0.25) is 4.79 Å². The van der Waals surface area contributed by atoms with E-state index in [1.54, 1.807) is 4.90 Å². The number of halogens is 2. The van der Waals surface area contributed by atoms with Gasteiger partial charge in [-0.15, -0.1) is 11.6 Å². The molecule has 0 bridgehead atoms. The lowest BCUT2D eigenvalue weighted by Gasteiger charge is -2.15. The second kappa shape index (κ2) is 4.54. The summed E-state index contributed by atoms with van der Waals surface area (Å²) in [6, 6.07) is 7.41. The van der Waals surface area contributed by atoms with Crippen molar-refractivity contribution in [2.75, 3.05) is 13.1 Å². The molecule has 0 aromatic heterocycles. The number of rotatable bonds is 1. The van der Waals surface area contributed by atoms with Crippen LogP contribution in [0.5, 0.6) is 0 Å². The van der Waals surface area contributed by atoms with Crippen LogP contribution in [0.15, 0.2) is 28.7 Å². The van der Waals surface area contributed by atoms with Crippen molar-refractivity contribution in [3.05, 3.63) is 34.3 Å². The smallest absolute Gasteiger partial charge is 0.253 e. The average molecular weight is 289 g/mol. The van der Waals surface area contributed by atoms with Crippen LogP contribution in [0.4, 0.5) is 0 Å². The van der Waals surface area contributed by atoms with Gasteiger partial charge in [0, 0.05) is 23.1 Å². The van der Waals surface area contributed by atoms with Crippen LogP contribution in [-0.2, 0) is 0 Å². The van der Waals surface area contributed by atoms with Crippen molar-refractivity contribution in [3.63, 3.8) is 0 Å². The summed E-state index contributed by atoms with van der Waals surface area (Å²) < 4.78 is 0.982. The molecule has 80 valence electrons. The molecule has 1 aromatic rings. The molecule has 1 aromatic carbocycles. The SMILES string of the molecule is O=C(c1ccc(Br)cc1)N1CCC(Cl)C1. The highest BCUT2D eigenvalue weighted by molar-refractivity contribution is 9.10. The van der Waals surface area contributed by atoms with E-state index in [2.05, 4.69) is 15.9 Å². The lowest BCUT2D eigenvalue weighted by molar-refractivity contribution is 0.0793. The Hall–Kier alpha value is -0.540. The molecule has 0 saturated carbocycles. The van der Waals surface area contributed by atoms with Crippen molar-refractivity contribution >= 4 is 33.4 Å². The van der Waals surface area contributed by atoms with Gasteiger partial charge in [0.05, 0.1) is 5.38 Å². The van der Waals surface area contributed by atoms with Gasteiger partial charge in [0.2, 0.25) is 0 Å². The van der Waals surface area contributed by atoms with Crippen LogP contribution in [0.1, 0.15) is 16.8 Å². The minimum Gasteiger partial charge on any atom is -0.337 e. The highest BCUT2D eigenvalue weighted by Crippen LogP contribution is 2.18. The Balaban J connectivity index is 2.11. The minimum absolute atomic E-state index is 0.0747. The molecule has 1 fully saturated rings. The maximum atomic E-state index is 12.0. The van der Waals surface area contributed by atoms with Gasteiger partial charge in [-0.05, 0) is 30.7 Å². The Morgan fingerprint density at radius 2 is 2.07 bits per heavy atom. The third kappa shape index (κ3) is 2.52. The van der Waals surface area contributed by atoms with E-state index in [4.69, 9.17) is 11.6 Å². The number of alkyl halides is 1. The van der Waals surface area contributed by atoms with E-state index < -0.39 is 0 Å². The normalized spacial score (nSPS) is 20.7. The zero-order valence-electron chi connectivity index (χ0n) is 8.12. The zero-order valence-corrected chi connectivity index (χ0v) is 10.5. The molecule has 0 aliphatic carbocycles. The van der Waals surface area contributed by atoms with Crippen LogP contribution in [0, 0.1) is 0 Å². The lowest BCUT2D eigenvalue weighted by Crippen LogP contribution is -2.28. The van der Waals surface area contributed by atoms with Crippen LogP contribution in [-0.4, -0.2) is 29.3 Å². The highest BCUT2D eigenvalue weighted by Gasteiger charge is 2.25. The number of carbonyl (C=O) groups excluding carboxylic acids is 1. The quantitative estimate of drug-likeness (QED) is 0.728. The molecule has 1 unspecified atom stereocenters. The first-order chi connectivity index (χ1) is 7.16. The number of carbonyl (C=O) groups is 1. The van der Waals surface area contributed by atoms with Crippen molar-refractivity contribution in [1.82, 2.24) is 4.90 Å². The van der Waals surface area contributed by atoms with Crippen molar-refractivity contribution in [3.8, 4) is 0 Å². The van der Waals surface area contributed by atoms with Gasteiger partial charge in [0.25, 0.3) is 5.91 Å². The van der Waals surface area contributed by atoms with Crippen LogP contribution in [0.3, 0.4) is 0 Å². The van der Waals surface area contributed by atoms with E-state index in [9.17, 15) is 4.79 Å². The van der Waals surface area contributed by atoms with Crippen LogP contribution < -0.4 is 0 Å². The molecule has 1 aliphatic heterocycles. The second-order valence-electron chi connectivity index (χ2n) is 3.64. The third-order valence-corrected chi connectivity index (χ3v) is 3.39. The Labute approximate surface area is 102 Å². The van der Waals surface area contributed by atoms with E-state index in [-0.39, 0.29) is 11.3 Å². The fourth-order valence-corrected chi connectivity index (χ4v) is 2.21. The topological polar surface area (TPSA) is 20.3 Å². The first-order valence-corrected chi connectivity index (χ1v) is 6.08. The number of benzene rings is 1. The highest BCUT2D eigenvalue weighted by atomic mass is 79.9. The van der Waals surface area contributed by atoms with Gasteiger partial charge in [0.15, 0.2) is 0 Å². The summed E-state index contributed by atoms with van der Waals surface area (Å²) in [5.74, 6) is 0.0747. The maximum absolute atomic E-state index is 12.0. The second-order valence-corrected chi connectivity index (χ2v) is 5.18. The standard InChI is InChI=1S/C11H11BrClNO/c12-9-3-1-8(2-4-9)11(15)14-6-5-10(13)7-14/h1-4,10H,5-7H2. The van der Waals surface area contributed by atoms with E-state index in [0.29, 0.717) is 6.54 Å². The van der Waals surface area contributed by atoms with E-state index in [1.165, 1.54) is 0 Å². The first kappa shape index (κ1) is 11.0. The Morgan fingerprint density at radius 1 is 1.40 bits per heavy atom. The van der Waals surface area contributed by atoms with E-state index in [0.717, 1.165) is 23.0 Å². The molecule has 1 atom stereocenters. The van der Waals surface area contributed by atoms with Gasteiger partial charge in [0.1, 0.15) is 0 Å². The Bertz CT molecular complexity index is 365. The minimum atomic E-state index is 0.0747. The van der Waals surface area contributed by atoms with Gasteiger partial charge < -0.3 is 4.90 Å². The average Bonchev–Trinajstić information content (AvgIpc) is 2.65. The third-order valence-electron chi connectivity index (χ3n) is 2.51. The number of likely N-dealkylation sites (tertiary alicyclic amines) is 1. The molecule has 15 heavy (non-hydrogen) atoms. The van der Waals surface area contributed by atoms with Gasteiger partial charge >= 0.3 is 0 Å². The van der Waals surface area contributed by atoms with Gasteiger partial charge in [-0.2, -0.15) is 0 Å². The molecule has 0 spiro atoms. The predicted octanol–water partition coefficient (Wildman–Crippen LogP) is 2.90. The first-order valence-electron chi connectivity index (χ1n) is 4.86. The molecule has 0 radical (unpaired) electrons. The van der Waals surface area contributed by atoms with Crippen molar-refractivity contribution in [2.24, 2.45) is 0 Å². The maximum Gasteiger partial charge on any atom is 0.253 e. The largest absolute Gasteiger partial charge is 0.337 e. The number of hydrogen-bond acceptors (Lipinski definition) is 1.